The molecule has 1 atom stereocenters. The molecule has 5 heteroatoms. The number of carbonyl (C=O) groups excluding carboxylic acids is 2. The molecular formula is C21H22N2O3. The summed E-state index contributed by atoms with van der Waals surface area (Å²) < 4.78 is 0. The zero-order chi connectivity index (χ0) is 18.7. The van der Waals surface area contributed by atoms with Crippen molar-refractivity contribution in [2.75, 3.05) is 11.9 Å². The van der Waals surface area contributed by atoms with Gasteiger partial charge in [-0.2, -0.15) is 0 Å². The maximum absolute atomic E-state index is 12.9. The second kappa shape index (κ2) is 7.12. The van der Waals surface area contributed by atoms with E-state index in [9.17, 15) is 14.7 Å². The number of para-hydroxylation sites is 1. The molecule has 2 aromatic rings. The summed E-state index contributed by atoms with van der Waals surface area (Å²) in [5.74, 6) is 0.0213. The monoisotopic (exact) mass is 350 g/mol. The Morgan fingerprint density at radius 3 is 2.77 bits per heavy atom. The van der Waals surface area contributed by atoms with Crippen molar-refractivity contribution in [1.82, 2.24) is 0 Å². The maximum Gasteiger partial charge on any atom is 0.153 e. The van der Waals surface area contributed by atoms with Gasteiger partial charge in [0.2, 0.25) is 0 Å². The van der Waals surface area contributed by atoms with Crippen LogP contribution in [-0.2, 0) is 9.59 Å². The Balaban J connectivity index is 2.24. The van der Waals surface area contributed by atoms with Crippen molar-refractivity contribution in [2.24, 2.45) is 10.4 Å². The lowest BCUT2D eigenvalue weighted by Crippen LogP contribution is -2.49. The van der Waals surface area contributed by atoms with E-state index < -0.39 is 5.41 Å². The molecule has 0 spiro atoms. The molecule has 1 aliphatic rings. The first-order valence-electron chi connectivity index (χ1n) is 8.73. The van der Waals surface area contributed by atoms with E-state index >= 15 is 0 Å². The number of hydrogen-bond donors (Lipinski definition) is 2. The summed E-state index contributed by atoms with van der Waals surface area (Å²) in [6, 6.07) is 12.4. The topological polar surface area (TPSA) is 78.8 Å². The van der Waals surface area contributed by atoms with Crippen LogP contribution in [0.15, 0.2) is 47.5 Å². The standard InChI is InChI=1S/C21H22N2O3/c1-3-6-19(26)21(13-24)12-22-18-8-5-4-7-16(18)20(21)23-17-10-9-15(25)11-14(17)2/h4-5,7-11,13,22,25H,3,6,12H2,1-2H3. The first-order valence-corrected chi connectivity index (χ1v) is 8.73. The van der Waals surface area contributed by atoms with Crippen LogP contribution in [-0.4, -0.2) is 29.4 Å². The Labute approximate surface area is 152 Å². The average molecular weight is 350 g/mol. The molecule has 0 aliphatic carbocycles. The molecule has 0 amide bonds. The van der Waals surface area contributed by atoms with Gasteiger partial charge in [-0.1, -0.05) is 25.1 Å². The van der Waals surface area contributed by atoms with E-state index in [4.69, 9.17) is 4.99 Å². The lowest BCUT2D eigenvalue weighted by atomic mass is 9.73. The highest BCUT2D eigenvalue weighted by atomic mass is 16.3. The van der Waals surface area contributed by atoms with Gasteiger partial charge >= 0.3 is 0 Å². The number of nitrogens with one attached hydrogen (secondary N) is 1. The van der Waals surface area contributed by atoms with Crippen molar-refractivity contribution in [3.63, 3.8) is 0 Å². The molecule has 0 aromatic heterocycles. The number of aryl methyl sites for hydroxylation is 1. The number of Topliss-reactive ketones (excluding diaryl/α,β-unsaturated/α-hetero) is 1. The van der Waals surface area contributed by atoms with Crippen LogP contribution >= 0.6 is 0 Å². The van der Waals surface area contributed by atoms with Gasteiger partial charge < -0.3 is 15.2 Å². The Kier molecular flexibility index (Phi) is 4.89. The highest BCUT2D eigenvalue weighted by Gasteiger charge is 2.46. The molecule has 3 rings (SSSR count). The molecule has 5 nitrogen and oxygen atoms in total. The summed E-state index contributed by atoms with van der Waals surface area (Å²) in [5, 5.41) is 12.8. The van der Waals surface area contributed by atoms with E-state index in [1.54, 1.807) is 18.2 Å². The lowest BCUT2D eigenvalue weighted by molar-refractivity contribution is -0.129. The van der Waals surface area contributed by atoms with E-state index in [0.717, 1.165) is 23.1 Å². The van der Waals surface area contributed by atoms with Crippen molar-refractivity contribution < 1.29 is 14.7 Å². The molecule has 134 valence electrons. The largest absolute Gasteiger partial charge is 0.508 e. The minimum Gasteiger partial charge on any atom is -0.508 e. The summed E-state index contributed by atoms with van der Waals surface area (Å²) in [5.41, 5.74) is 2.16. The average Bonchev–Trinajstić information content (AvgIpc) is 2.64. The second-order valence-electron chi connectivity index (χ2n) is 6.59. The lowest BCUT2D eigenvalue weighted by Gasteiger charge is -2.35. The molecule has 0 fully saturated rings. The third-order valence-electron chi connectivity index (χ3n) is 4.75. The molecule has 2 N–H and O–H groups in total. The number of hydrogen-bond acceptors (Lipinski definition) is 5. The number of ketones is 1. The highest BCUT2D eigenvalue weighted by Crippen LogP contribution is 2.36. The van der Waals surface area contributed by atoms with Crippen LogP contribution in [0.5, 0.6) is 5.75 Å². The zero-order valence-electron chi connectivity index (χ0n) is 15.0. The number of phenols is 1. The first-order chi connectivity index (χ1) is 12.5. The van der Waals surface area contributed by atoms with Crippen LogP contribution < -0.4 is 5.32 Å². The number of carbonyl (C=O) groups is 2. The van der Waals surface area contributed by atoms with Gasteiger partial charge in [-0.15, -0.1) is 0 Å². The number of benzene rings is 2. The quantitative estimate of drug-likeness (QED) is 0.635. The number of phenolic OH excluding ortho intramolecular Hbond substituents is 1. The van der Waals surface area contributed by atoms with Gasteiger partial charge in [0.25, 0.3) is 0 Å². The van der Waals surface area contributed by atoms with E-state index in [0.29, 0.717) is 24.2 Å². The molecular weight excluding hydrogens is 328 g/mol. The number of aromatic hydroxyl groups is 1. The summed E-state index contributed by atoms with van der Waals surface area (Å²) in [4.78, 5) is 29.8. The molecule has 1 unspecified atom stereocenters. The molecule has 0 saturated carbocycles. The van der Waals surface area contributed by atoms with Gasteiger partial charge in [0.05, 0.1) is 11.4 Å². The number of aldehydes is 1. The Bertz CT molecular complexity index is 889. The predicted molar refractivity (Wildman–Crippen MR) is 102 cm³/mol. The SMILES string of the molecule is CCCC(=O)C1(C=O)CNc2ccccc2C1=Nc1ccc(O)cc1C. The molecule has 0 saturated heterocycles. The molecule has 26 heavy (non-hydrogen) atoms. The minimum absolute atomic E-state index is 0.132. The normalized spacial score (nSPS) is 20.3. The van der Waals surface area contributed by atoms with E-state index in [1.165, 1.54) is 0 Å². The van der Waals surface area contributed by atoms with Crippen molar-refractivity contribution in [3.8, 4) is 5.75 Å². The second-order valence-corrected chi connectivity index (χ2v) is 6.59. The van der Waals surface area contributed by atoms with Crippen LogP contribution in [0.1, 0.15) is 30.9 Å². The Hall–Kier alpha value is -2.95. The molecule has 1 aliphatic heterocycles. The fraction of sp³-hybridized carbons (Fsp3) is 0.286. The number of fused-ring (bicyclic) bond motifs is 1. The smallest absolute Gasteiger partial charge is 0.153 e. The first kappa shape index (κ1) is 17.9. The zero-order valence-corrected chi connectivity index (χ0v) is 15.0. The number of aliphatic imine (C=N–C) groups is 1. The van der Waals surface area contributed by atoms with Crippen molar-refractivity contribution in [3.05, 3.63) is 53.6 Å². The summed E-state index contributed by atoms with van der Waals surface area (Å²) in [6.45, 7) is 3.95. The summed E-state index contributed by atoms with van der Waals surface area (Å²) >= 11 is 0. The van der Waals surface area contributed by atoms with Crippen LogP contribution in [0.4, 0.5) is 11.4 Å². The fourth-order valence-electron chi connectivity index (χ4n) is 3.29. The summed E-state index contributed by atoms with van der Waals surface area (Å²) in [7, 11) is 0. The summed E-state index contributed by atoms with van der Waals surface area (Å²) in [6.07, 6.45) is 1.71. The third kappa shape index (κ3) is 3.01. The molecule has 0 bridgehead atoms. The van der Waals surface area contributed by atoms with Gasteiger partial charge in [-0.25, -0.2) is 0 Å². The van der Waals surface area contributed by atoms with Crippen LogP contribution in [0.25, 0.3) is 0 Å². The Morgan fingerprint density at radius 2 is 2.08 bits per heavy atom. The van der Waals surface area contributed by atoms with Crippen molar-refractivity contribution in [2.45, 2.75) is 26.7 Å². The van der Waals surface area contributed by atoms with E-state index in [1.807, 2.05) is 38.1 Å². The molecule has 1 heterocycles. The minimum atomic E-state index is -1.31. The highest BCUT2D eigenvalue weighted by molar-refractivity contribution is 6.29. The number of rotatable bonds is 5. The van der Waals surface area contributed by atoms with Gasteiger partial charge in [-0.05, 0) is 43.2 Å². The third-order valence-corrected chi connectivity index (χ3v) is 4.75. The van der Waals surface area contributed by atoms with Gasteiger partial charge in [0, 0.05) is 24.2 Å². The predicted octanol–water partition coefficient (Wildman–Crippen LogP) is 3.80. The fourth-order valence-corrected chi connectivity index (χ4v) is 3.29. The van der Waals surface area contributed by atoms with Gasteiger partial charge in [-0.3, -0.25) is 9.79 Å². The van der Waals surface area contributed by atoms with Crippen molar-refractivity contribution in [1.29, 1.82) is 0 Å². The maximum atomic E-state index is 12.9. The number of nitrogens with zero attached hydrogens (tertiary/aromatic N) is 1. The van der Waals surface area contributed by atoms with Gasteiger partial charge in [0.1, 0.15) is 17.5 Å². The van der Waals surface area contributed by atoms with E-state index in [2.05, 4.69) is 5.32 Å². The molecule has 2 aromatic carbocycles. The Morgan fingerprint density at radius 1 is 1.31 bits per heavy atom. The molecule has 0 radical (unpaired) electrons. The number of anilines is 1. The van der Waals surface area contributed by atoms with Crippen LogP contribution in [0.2, 0.25) is 0 Å². The van der Waals surface area contributed by atoms with E-state index in [-0.39, 0.29) is 18.1 Å². The van der Waals surface area contributed by atoms with Crippen LogP contribution in [0.3, 0.4) is 0 Å². The van der Waals surface area contributed by atoms with Crippen molar-refractivity contribution >= 4 is 29.2 Å². The van der Waals surface area contributed by atoms with Gasteiger partial charge in [0.15, 0.2) is 5.78 Å². The van der Waals surface area contributed by atoms with Crippen LogP contribution in [0, 0.1) is 12.3 Å².